The highest BCUT2D eigenvalue weighted by atomic mass is 16.5. The summed E-state index contributed by atoms with van der Waals surface area (Å²) in [6.07, 6.45) is 3.77. The molecule has 1 aliphatic heterocycles. The highest BCUT2D eigenvalue weighted by Crippen LogP contribution is 2.25. The summed E-state index contributed by atoms with van der Waals surface area (Å²) in [4.78, 5) is 0. The van der Waals surface area contributed by atoms with Crippen molar-refractivity contribution in [2.24, 2.45) is 10.8 Å². The first-order chi connectivity index (χ1) is 7.97. The molecule has 1 atom stereocenters. The fraction of sp³-hybridized carbons (Fsp3) is 1.00. The Morgan fingerprint density at radius 2 is 2.18 bits per heavy atom. The molecule has 0 aromatic heterocycles. The Labute approximate surface area is 107 Å². The lowest BCUT2D eigenvalue weighted by Gasteiger charge is -2.35. The summed E-state index contributed by atoms with van der Waals surface area (Å²) in [6.45, 7) is 12.4. The summed E-state index contributed by atoms with van der Waals surface area (Å²) in [7, 11) is 1.78. The van der Waals surface area contributed by atoms with Gasteiger partial charge in [0.25, 0.3) is 0 Å². The molecule has 1 fully saturated rings. The molecule has 1 saturated heterocycles. The van der Waals surface area contributed by atoms with Crippen LogP contribution in [0.2, 0.25) is 0 Å². The molecule has 0 bridgehead atoms. The zero-order valence-corrected chi connectivity index (χ0v) is 12.1. The van der Waals surface area contributed by atoms with Gasteiger partial charge in [0.15, 0.2) is 0 Å². The van der Waals surface area contributed by atoms with Gasteiger partial charge in [-0.05, 0) is 36.6 Å². The molecular weight excluding hydrogens is 212 g/mol. The normalized spacial score (nSPS) is 26.1. The molecule has 0 radical (unpaired) electrons. The molecule has 3 heteroatoms. The summed E-state index contributed by atoms with van der Waals surface area (Å²) in [5.41, 5.74) is 0.768. The van der Waals surface area contributed by atoms with Crippen LogP contribution in [0.5, 0.6) is 0 Å². The predicted octanol–water partition coefficient (Wildman–Crippen LogP) is 2.03. The fourth-order valence-electron chi connectivity index (χ4n) is 2.44. The van der Waals surface area contributed by atoms with E-state index in [1.165, 1.54) is 19.4 Å². The summed E-state index contributed by atoms with van der Waals surface area (Å²) in [6, 6.07) is 0. The number of nitrogens with one attached hydrogen (secondary N) is 2. The van der Waals surface area contributed by atoms with E-state index in [4.69, 9.17) is 4.74 Å². The minimum absolute atomic E-state index is 0.328. The summed E-state index contributed by atoms with van der Waals surface area (Å²) >= 11 is 0. The molecule has 0 aliphatic carbocycles. The van der Waals surface area contributed by atoms with Gasteiger partial charge in [-0.15, -0.1) is 0 Å². The van der Waals surface area contributed by atoms with E-state index in [2.05, 4.69) is 31.4 Å². The number of hydrogen-bond acceptors (Lipinski definition) is 3. The summed E-state index contributed by atoms with van der Waals surface area (Å²) in [5, 5.41) is 7.15. The first kappa shape index (κ1) is 14.9. The average Bonchev–Trinajstić information content (AvgIpc) is 2.27. The van der Waals surface area contributed by atoms with Crippen molar-refractivity contribution in [3.63, 3.8) is 0 Å². The van der Waals surface area contributed by atoms with Crippen LogP contribution in [0.25, 0.3) is 0 Å². The minimum Gasteiger partial charge on any atom is -0.385 e. The van der Waals surface area contributed by atoms with Gasteiger partial charge in [0.2, 0.25) is 0 Å². The Bertz CT molecular complexity index is 210. The summed E-state index contributed by atoms with van der Waals surface area (Å²) < 4.78 is 5.16. The molecule has 0 spiro atoms. The van der Waals surface area contributed by atoms with Crippen LogP contribution in [0.4, 0.5) is 0 Å². The topological polar surface area (TPSA) is 33.3 Å². The molecule has 1 rings (SSSR count). The maximum Gasteiger partial charge on any atom is 0.0467 e. The Morgan fingerprint density at radius 3 is 2.76 bits per heavy atom. The lowest BCUT2D eigenvalue weighted by Crippen LogP contribution is -2.46. The summed E-state index contributed by atoms with van der Waals surface area (Å²) in [5.74, 6) is 0. The van der Waals surface area contributed by atoms with Crippen molar-refractivity contribution < 1.29 is 4.74 Å². The molecule has 1 heterocycles. The SMILES string of the molecule is COCCC(C)(C)CNCC1(C)CCCNC1. The fourth-order valence-corrected chi connectivity index (χ4v) is 2.44. The van der Waals surface area contributed by atoms with Gasteiger partial charge < -0.3 is 15.4 Å². The average molecular weight is 242 g/mol. The largest absolute Gasteiger partial charge is 0.385 e. The number of hydrogen-bond donors (Lipinski definition) is 2. The van der Waals surface area contributed by atoms with Crippen molar-refractivity contribution in [3.8, 4) is 0 Å². The van der Waals surface area contributed by atoms with E-state index < -0.39 is 0 Å². The Morgan fingerprint density at radius 1 is 1.41 bits per heavy atom. The first-order valence-electron chi connectivity index (χ1n) is 6.88. The van der Waals surface area contributed by atoms with Crippen LogP contribution in [0.1, 0.15) is 40.0 Å². The lowest BCUT2D eigenvalue weighted by molar-refractivity contribution is 0.145. The molecule has 1 unspecified atom stereocenters. The van der Waals surface area contributed by atoms with Crippen molar-refractivity contribution in [2.45, 2.75) is 40.0 Å². The van der Waals surface area contributed by atoms with E-state index in [0.717, 1.165) is 32.7 Å². The quantitative estimate of drug-likeness (QED) is 0.717. The van der Waals surface area contributed by atoms with E-state index >= 15 is 0 Å². The van der Waals surface area contributed by atoms with Crippen LogP contribution in [-0.4, -0.2) is 39.9 Å². The van der Waals surface area contributed by atoms with Crippen molar-refractivity contribution in [1.82, 2.24) is 10.6 Å². The standard InChI is InChI=1S/C14H30N2O/c1-13(2,7-9-17-4)10-16-12-14(3)6-5-8-15-11-14/h15-16H,5-12H2,1-4H3. The van der Waals surface area contributed by atoms with Crippen LogP contribution >= 0.6 is 0 Å². The van der Waals surface area contributed by atoms with Gasteiger partial charge in [0, 0.05) is 33.4 Å². The van der Waals surface area contributed by atoms with Gasteiger partial charge in [-0.25, -0.2) is 0 Å². The highest BCUT2D eigenvalue weighted by molar-refractivity contribution is 4.84. The van der Waals surface area contributed by atoms with Gasteiger partial charge in [-0.2, -0.15) is 0 Å². The second-order valence-corrected chi connectivity index (χ2v) is 6.60. The van der Waals surface area contributed by atoms with Crippen LogP contribution in [0, 0.1) is 10.8 Å². The molecule has 0 aromatic rings. The molecular formula is C14H30N2O. The van der Waals surface area contributed by atoms with E-state index in [1.807, 2.05) is 0 Å². The van der Waals surface area contributed by atoms with Crippen molar-refractivity contribution >= 4 is 0 Å². The minimum atomic E-state index is 0.328. The molecule has 0 aromatic carbocycles. The molecule has 0 saturated carbocycles. The third-order valence-electron chi connectivity index (χ3n) is 3.82. The smallest absolute Gasteiger partial charge is 0.0467 e. The third-order valence-corrected chi connectivity index (χ3v) is 3.82. The van der Waals surface area contributed by atoms with Gasteiger partial charge in [-0.1, -0.05) is 20.8 Å². The molecule has 2 N–H and O–H groups in total. The first-order valence-corrected chi connectivity index (χ1v) is 6.88. The van der Waals surface area contributed by atoms with Gasteiger partial charge in [0.1, 0.15) is 0 Å². The monoisotopic (exact) mass is 242 g/mol. The Kier molecular flexibility index (Phi) is 5.90. The van der Waals surface area contributed by atoms with Crippen molar-refractivity contribution in [2.75, 3.05) is 39.9 Å². The number of rotatable bonds is 7. The zero-order chi connectivity index (χ0) is 12.8. The van der Waals surface area contributed by atoms with Gasteiger partial charge in [0.05, 0.1) is 0 Å². The zero-order valence-electron chi connectivity index (χ0n) is 12.1. The second-order valence-electron chi connectivity index (χ2n) is 6.60. The van der Waals surface area contributed by atoms with E-state index in [1.54, 1.807) is 7.11 Å². The lowest BCUT2D eigenvalue weighted by atomic mass is 9.82. The van der Waals surface area contributed by atoms with Crippen LogP contribution in [-0.2, 0) is 4.74 Å². The Balaban J connectivity index is 2.21. The van der Waals surface area contributed by atoms with Gasteiger partial charge >= 0.3 is 0 Å². The van der Waals surface area contributed by atoms with E-state index in [0.29, 0.717) is 10.8 Å². The molecule has 102 valence electrons. The molecule has 1 aliphatic rings. The molecule has 17 heavy (non-hydrogen) atoms. The van der Waals surface area contributed by atoms with Crippen LogP contribution in [0.3, 0.4) is 0 Å². The third kappa shape index (κ3) is 5.84. The number of ether oxygens (including phenoxy) is 1. The highest BCUT2D eigenvalue weighted by Gasteiger charge is 2.27. The van der Waals surface area contributed by atoms with Gasteiger partial charge in [-0.3, -0.25) is 0 Å². The maximum absolute atomic E-state index is 5.16. The van der Waals surface area contributed by atoms with Crippen molar-refractivity contribution in [3.05, 3.63) is 0 Å². The molecule has 3 nitrogen and oxygen atoms in total. The number of piperidine rings is 1. The predicted molar refractivity (Wildman–Crippen MR) is 73.4 cm³/mol. The van der Waals surface area contributed by atoms with Crippen LogP contribution in [0.15, 0.2) is 0 Å². The van der Waals surface area contributed by atoms with E-state index in [-0.39, 0.29) is 0 Å². The maximum atomic E-state index is 5.16. The number of methoxy groups -OCH3 is 1. The van der Waals surface area contributed by atoms with Crippen molar-refractivity contribution in [1.29, 1.82) is 0 Å². The second kappa shape index (κ2) is 6.72. The van der Waals surface area contributed by atoms with E-state index in [9.17, 15) is 0 Å². The Hall–Kier alpha value is -0.120. The molecule has 0 amide bonds. The van der Waals surface area contributed by atoms with Crippen LogP contribution < -0.4 is 10.6 Å².